The summed E-state index contributed by atoms with van der Waals surface area (Å²) in [5, 5.41) is 0. The van der Waals surface area contributed by atoms with Gasteiger partial charge in [-0.05, 0) is 25.0 Å². The van der Waals surface area contributed by atoms with E-state index in [1.807, 2.05) is 0 Å². The molecule has 0 unspecified atom stereocenters. The predicted molar refractivity (Wildman–Crippen MR) is 73.7 cm³/mol. The van der Waals surface area contributed by atoms with Crippen LogP contribution in [0.15, 0.2) is 29.2 Å². The second-order valence-electron chi connectivity index (χ2n) is 4.72. The van der Waals surface area contributed by atoms with E-state index in [-0.39, 0.29) is 16.6 Å². The summed E-state index contributed by atoms with van der Waals surface area (Å²) in [5.41, 5.74) is 5.27. The van der Waals surface area contributed by atoms with Gasteiger partial charge >= 0.3 is 0 Å². The van der Waals surface area contributed by atoms with Crippen LogP contribution in [0.4, 0.5) is 0 Å². The Morgan fingerprint density at radius 3 is 2.75 bits per heavy atom. The summed E-state index contributed by atoms with van der Waals surface area (Å²) in [6.07, 6.45) is 1.45. The Morgan fingerprint density at radius 1 is 1.40 bits per heavy atom. The van der Waals surface area contributed by atoms with Crippen molar-refractivity contribution in [2.75, 3.05) is 20.2 Å². The van der Waals surface area contributed by atoms with E-state index in [0.717, 1.165) is 12.8 Å². The molecule has 0 spiro atoms. The van der Waals surface area contributed by atoms with Crippen LogP contribution >= 0.6 is 0 Å². The molecule has 20 heavy (non-hydrogen) atoms. The van der Waals surface area contributed by atoms with Crippen molar-refractivity contribution in [3.05, 3.63) is 29.8 Å². The Balaban J connectivity index is 2.38. The van der Waals surface area contributed by atoms with Gasteiger partial charge in [0.1, 0.15) is 0 Å². The molecule has 2 rings (SSSR count). The Hall–Kier alpha value is -1.44. The van der Waals surface area contributed by atoms with Crippen molar-refractivity contribution in [2.24, 2.45) is 5.73 Å². The molecule has 110 valence electrons. The monoisotopic (exact) mass is 298 g/mol. The molecule has 0 aromatic heterocycles. The molecular weight excluding hydrogens is 280 g/mol. The number of ether oxygens (including phenoxy) is 1. The van der Waals surface area contributed by atoms with Crippen molar-refractivity contribution < 1.29 is 17.9 Å². The number of carbonyl (C=O) groups excluding carboxylic acids is 1. The summed E-state index contributed by atoms with van der Waals surface area (Å²) in [6, 6.07) is 6.00. The van der Waals surface area contributed by atoms with E-state index < -0.39 is 15.9 Å². The van der Waals surface area contributed by atoms with Crippen molar-refractivity contribution in [1.82, 2.24) is 4.31 Å². The van der Waals surface area contributed by atoms with E-state index in [4.69, 9.17) is 10.5 Å². The largest absolute Gasteiger partial charge is 0.380 e. The number of primary amides is 1. The normalized spacial score (nSPS) is 20.8. The zero-order valence-electron chi connectivity index (χ0n) is 11.3. The minimum absolute atomic E-state index is 0.0204. The lowest BCUT2D eigenvalue weighted by Crippen LogP contribution is -2.43. The molecule has 1 aliphatic heterocycles. The minimum atomic E-state index is -3.73. The lowest BCUT2D eigenvalue weighted by Gasteiger charge is -2.31. The first-order valence-electron chi connectivity index (χ1n) is 6.38. The van der Waals surface area contributed by atoms with Gasteiger partial charge in [0.15, 0.2) is 0 Å². The number of rotatable bonds is 4. The maximum atomic E-state index is 12.6. The molecule has 1 aromatic carbocycles. The van der Waals surface area contributed by atoms with E-state index in [1.165, 1.54) is 16.4 Å². The average molecular weight is 298 g/mol. The molecule has 1 amide bonds. The molecule has 0 aliphatic carbocycles. The number of sulfonamides is 1. The molecule has 6 nitrogen and oxygen atoms in total. The highest BCUT2D eigenvalue weighted by molar-refractivity contribution is 7.89. The lowest BCUT2D eigenvalue weighted by molar-refractivity contribution is 0.0571. The highest BCUT2D eigenvalue weighted by Crippen LogP contribution is 2.24. The molecule has 0 saturated carbocycles. The van der Waals surface area contributed by atoms with E-state index >= 15 is 0 Å². The van der Waals surface area contributed by atoms with Crippen LogP contribution in [-0.2, 0) is 14.8 Å². The summed E-state index contributed by atoms with van der Waals surface area (Å²) in [7, 11) is -2.16. The predicted octanol–water partition coefficient (Wildman–Crippen LogP) is 0.585. The fraction of sp³-hybridized carbons (Fsp3) is 0.462. The fourth-order valence-corrected chi connectivity index (χ4v) is 4.06. The molecule has 1 atom stereocenters. The lowest BCUT2D eigenvalue weighted by atomic mass is 10.1. The Bertz CT molecular complexity index is 600. The Morgan fingerprint density at radius 2 is 2.10 bits per heavy atom. The minimum Gasteiger partial charge on any atom is -0.380 e. The van der Waals surface area contributed by atoms with Gasteiger partial charge in [0.2, 0.25) is 15.9 Å². The number of carbonyl (C=O) groups is 1. The number of methoxy groups -OCH3 is 1. The van der Waals surface area contributed by atoms with E-state index in [2.05, 4.69) is 0 Å². The van der Waals surface area contributed by atoms with Crippen LogP contribution < -0.4 is 5.73 Å². The third kappa shape index (κ3) is 2.84. The van der Waals surface area contributed by atoms with Crippen LogP contribution in [0.25, 0.3) is 0 Å². The van der Waals surface area contributed by atoms with Crippen molar-refractivity contribution in [1.29, 1.82) is 0 Å². The average Bonchev–Trinajstić information content (AvgIpc) is 2.47. The number of benzene rings is 1. The zero-order chi connectivity index (χ0) is 14.8. The highest BCUT2D eigenvalue weighted by atomic mass is 32.2. The van der Waals surface area contributed by atoms with Gasteiger partial charge in [-0.15, -0.1) is 0 Å². The summed E-state index contributed by atoms with van der Waals surface area (Å²) in [4.78, 5) is 11.3. The quantitative estimate of drug-likeness (QED) is 0.880. The first kappa shape index (κ1) is 15.0. The fourth-order valence-electron chi connectivity index (χ4n) is 2.35. The van der Waals surface area contributed by atoms with Crippen LogP contribution in [0.5, 0.6) is 0 Å². The maximum absolute atomic E-state index is 12.6. The summed E-state index contributed by atoms with van der Waals surface area (Å²) >= 11 is 0. The molecule has 0 bridgehead atoms. The number of piperidine rings is 1. The third-order valence-corrected chi connectivity index (χ3v) is 5.37. The standard InChI is InChI=1S/C13H18N2O4S/c1-19-10-5-4-8-15(9-10)20(17,18)12-7-3-2-6-11(12)13(14)16/h2-3,6-7,10H,4-5,8-9H2,1H3,(H2,14,16)/t10-/m1/s1. The molecule has 1 aliphatic rings. The Kier molecular flexibility index (Phi) is 4.42. The number of nitrogens with two attached hydrogens (primary N) is 1. The van der Waals surface area contributed by atoms with E-state index in [1.54, 1.807) is 19.2 Å². The van der Waals surface area contributed by atoms with Gasteiger partial charge in [0.05, 0.1) is 16.6 Å². The molecule has 1 heterocycles. The topological polar surface area (TPSA) is 89.7 Å². The van der Waals surface area contributed by atoms with Gasteiger partial charge in [-0.3, -0.25) is 4.79 Å². The smallest absolute Gasteiger partial charge is 0.250 e. The molecule has 7 heteroatoms. The second-order valence-corrected chi connectivity index (χ2v) is 6.63. The number of hydrogen-bond acceptors (Lipinski definition) is 4. The molecule has 2 N–H and O–H groups in total. The first-order chi connectivity index (χ1) is 9.46. The number of nitrogens with zero attached hydrogens (tertiary/aromatic N) is 1. The van der Waals surface area contributed by atoms with Gasteiger partial charge in [-0.2, -0.15) is 4.31 Å². The van der Waals surface area contributed by atoms with E-state index in [9.17, 15) is 13.2 Å². The first-order valence-corrected chi connectivity index (χ1v) is 7.82. The zero-order valence-corrected chi connectivity index (χ0v) is 12.1. The maximum Gasteiger partial charge on any atom is 0.250 e. The van der Waals surface area contributed by atoms with Crippen molar-refractivity contribution in [2.45, 2.75) is 23.8 Å². The van der Waals surface area contributed by atoms with Crippen molar-refractivity contribution >= 4 is 15.9 Å². The van der Waals surface area contributed by atoms with Crippen LogP contribution in [-0.4, -0.2) is 44.9 Å². The molecular formula is C13H18N2O4S. The molecule has 1 fully saturated rings. The Labute approximate surface area is 118 Å². The second kappa shape index (κ2) is 5.90. The molecule has 1 aromatic rings. The van der Waals surface area contributed by atoms with Gasteiger partial charge < -0.3 is 10.5 Å². The van der Waals surface area contributed by atoms with Crippen molar-refractivity contribution in [3.8, 4) is 0 Å². The van der Waals surface area contributed by atoms with Crippen molar-refractivity contribution in [3.63, 3.8) is 0 Å². The van der Waals surface area contributed by atoms with Gasteiger partial charge in [-0.25, -0.2) is 8.42 Å². The van der Waals surface area contributed by atoms with E-state index in [0.29, 0.717) is 13.1 Å². The summed E-state index contributed by atoms with van der Waals surface area (Å²) < 4.78 is 31.9. The van der Waals surface area contributed by atoms with Gasteiger partial charge in [-0.1, -0.05) is 12.1 Å². The third-order valence-electron chi connectivity index (χ3n) is 3.44. The van der Waals surface area contributed by atoms with Crippen LogP contribution in [0.1, 0.15) is 23.2 Å². The number of hydrogen-bond donors (Lipinski definition) is 1. The molecule has 0 radical (unpaired) electrons. The highest BCUT2D eigenvalue weighted by Gasteiger charge is 2.32. The van der Waals surface area contributed by atoms with Crippen LogP contribution in [0.2, 0.25) is 0 Å². The molecule has 1 saturated heterocycles. The van der Waals surface area contributed by atoms with Gasteiger partial charge in [0, 0.05) is 20.2 Å². The SMILES string of the molecule is CO[C@@H]1CCCN(S(=O)(=O)c2ccccc2C(N)=O)C1. The summed E-state index contributed by atoms with van der Waals surface area (Å²) in [6.45, 7) is 0.723. The van der Waals surface area contributed by atoms with Crippen LogP contribution in [0.3, 0.4) is 0 Å². The van der Waals surface area contributed by atoms with Crippen LogP contribution in [0, 0.1) is 0 Å². The van der Waals surface area contributed by atoms with Gasteiger partial charge in [0.25, 0.3) is 0 Å². The number of amides is 1. The summed E-state index contributed by atoms with van der Waals surface area (Å²) in [5.74, 6) is -0.746.